The van der Waals surface area contributed by atoms with E-state index in [2.05, 4.69) is 50.6 Å². The Labute approximate surface area is 368 Å². The van der Waals surface area contributed by atoms with Gasteiger partial charge in [-0.25, -0.2) is 0 Å². The van der Waals surface area contributed by atoms with Crippen LogP contribution in [0.4, 0.5) is 0 Å². The van der Waals surface area contributed by atoms with E-state index in [-0.39, 0.29) is 82.6 Å². The predicted octanol–water partition coefficient (Wildman–Crippen LogP) is 8.43. The number of rotatable bonds is 10. The molecular formula is C50H70ClN3O7. The number of Topliss-reactive ketones (excluding diaryl/α,β-unsaturated/α-hetero) is 1. The highest BCUT2D eigenvalue weighted by atomic mass is 35.5. The lowest BCUT2D eigenvalue weighted by Crippen LogP contribution is -2.65. The maximum absolute atomic E-state index is 14.6. The Morgan fingerprint density at radius 1 is 0.934 bits per heavy atom. The first kappa shape index (κ1) is 44.4. The number of hydrogen-bond donors (Lipinski definition) is 3. The second kappa shape index (κ2) is 16.4. The zero-order valence-corrected chi connectivity index (χ0v) is 38.6. The third kappa shape index (κ3) is 7.59. The number of ether oxygens (including phenoxy) is 2. The molecule has 1 heterocycles. The molecule has 1 saturated heterocycles. The van der Waals surface area contributed by atoms with E-state index in [0.29, 0.717) is 46.9 Å². The molecule has 2 amide bonds. The van der Waals surface area contributed by atoms with Crippen molar-refractivity contribution in [2.75, 3.05) is 13.1 Å². The van der Waals surface area contributed by atoms with E-state index in [1.807, 2.05) is 6.92 Å². The van der Waals surface area contributed by atoms with E-state index in [9.17, 15) is 24.0 Å². The summed E-state index contributed by atoms with van der Waals surface area (Å²) in [4.78, 5) is 67.4. The Hall–Kier alpha value is -3.24. The molecule has 61 heavy (non-hydrogen) atoms. The number of halogens is 1. The van der Waals surface area contributed by atoms with Crippen molar-refractivity contribution in [3.05, 3.63) is 39.9 Å². The largest absolute Gasteiger partial charge is 0.489 e. The van der Waals surface area contributed by atoms with Crippen molar-refractivity contribution in [3.63, 3.8) is 0 Å². The molecule has 11 heteroatoms. The summed E-state index contributed by atoms with van der Waals surface area (Å²) in [5.41, 5.74) is 0.488. The first-order valence-electron chi connectivity index (χ1n) is 23.6. The van der Waals surface area contributed by atoms with Crippen LogP contribution >= 0.6 is 11.6 Å². The van der Waals surface area contributed by atoms with Crippen LogP contribution in [-0.4, -0.2) is 66.2 Å². The second-order valence-electron chi connectivity index (χ2n) is 21.8. The number of piperidine rings is 1. The van der Waals surface area contributed by atoms with E-state index in [0.717, 1.165) is 88.3 Å². The first-order valence-corrected chi connectivity index (χ1v) is 24.0. The number of allylic oxidation sites excluding steroid dienone is 1. The van der Waals surface area contributed by atoms with Crippen LogP contribution in [0.5, 0.6) is 5.75 Å². The van der Waals surface area contributed by atoms with Crippen molar-refractivity contribution < 1.29 is 33.4 Å². The quantitative estimate of drug-likeness (QED) is 0.158. The molecule has 5 saturated carbocycles. The minimum absolute atomic E-state index is 0.0286. The number of ketones is 1. The fourth-order valence-electron chi connectivity index (χ4n) is 14.4. The maximum Gasteiger partial charge on any atom is 0.309 e. The molecular weight excluding hydrogens is 790 g/mol. The molecule has 12 atom stereocenters. The normalized spacial score (nSPS) is 38.6. The van der Waals surface area contributed by atoms with Crippen molar-refractivity contribution >= 4 is 41.5 Å². The smallest absolute Gasteiger partial charge is 0.309 e. The average Bonchev–Trinajstić information content (AvgIpc) is 3.50. The standard InChI is InChI=1S/C50H70ClN3O7/c1-27(2)42-38(56)25-50(54-46(59)47(5,6)53-44(57)34-10-9-31(51)24-40(34)60-32-16-21-52-22-17-32)20-14-37-33(43(42)50)11-12-41-48(7)19-15-39(29(4)36(48)13-18-49(37,41)8)61-45(58)35-23-30(26-55)28(35)3/h9-10,24,26-30,32-33,35-37,39,41,52H,11-23,25H2,1-8H3,(H,53,57)(H,54,59). The Balaban J connectivity index is 0.992. The van der Waals surface area contributed by atoms with E-state index in [1.165, 1.54) is 0 Å². The van der Waals surface area contributed by atoms with Gasteiger partial charge < -0.3 is 30.2 Å². The Kier molecular flexibility index (Phi) is 11.9. The van der Waals surface area contributed by atoms with Crippen LogP contribution in [0, 0.1) is 64.1 Å². The van der Waals surface area contributed by atoms with E-state index in [1.54, 1.807) is 32.0 Å². The highest BCUT2D eigenvalue weighted by Gasteiger charge is 2.65. The van der Waals surface area contributed by atoms with Gasteiger partial charge in [0.15, 0.2) is 5.78 Å². The molecule has 6 aliphatic carbocycles. The van der Waals surface area contributed by atoms with E-state index < -0.39 is 17.0 Å². The van der Waals surface area contributed by atoms with Gasteiger partial charge in [-0.15, -0.1) is 0 Å². The van der Waals surface area contributed by atoms with Gasteiger partial charge in [0.25, 0.3) is 5.91 Å². The number of fused-ring (bicyclic) bond motifs is 7. The van der Waals surface area contributed by atoms with E-state index in [4.69, 9.17) is 21.1 Å². The molecule has 0 bridgehead atoms. The molecule has 1 aromatic carbocycles. The number of amides is 2. The lowest BCUT2D eigenvalue weighted by molar-refractivity contribution is -0.195. The fraction of sp³-hybridized carbons (Fsp3) is 0.740. The van der Waals surface area contributed by atoms with Crippen LogP contribution < -0.4 is 20.7 Å². The van der Waals surface area contributed by atoms with Gasteiger partial charge in [0.1, 0.15) is 29.8 Å². The Morgan fingerprint density at radius 3 is 2.31 bits per heavy atom. The summed E-state index contributed by atoms with van der Waals surface area (Å²) in [6.45, 7) is 18.7. The lowest BCUT2D eigenvalue weighted by atomic mass is 9.38. The molecule has 12 unspecified atom stereocenters. The lowest BCUT2D eigenvalue weighted by Gasteiger charge is -2.67. The molecule has 0 spiro atoms. The highest BCUT2D eigenvalue weighted by Crippen LogP contribution is 2.70. The SMILES string of the molecule is CC(C)C1=C2C3CCC4C(C)(CCC5C(C)C(OC(=O)C6CC(C=O)C6C)CCC54C)C3CCC2(NC(=O)C(C)(C)NC(=O)c2ccc(Cl)cc2OC2CCNCC2)CC1=O. The van der Waals surface area contributed by atoms with Crippen LogP contribution in [0.15, 0.2) is 29.3 Å². The van der Waals surface area contributed by atoms with Gasteiger partial charge in [-0.2, -0.15) is 0 Å². The minimum Gasteiger partial charge on any atom is -0.489 e. The first-order chi connectivity index (χ1) is 28.8. The van der Waals surface area contributed by atoms with Crippen LogP contribution in [0.25, 0.3) is 0 Å². The molecule has 0 aromatic heterocycles. The summed E-state index contributed by atoms with van der Waals surface area (Å²) in [5, 5.41) is 10.3. The van der Waals surface area contributed by atoms with Crippen molar-refractivity contribution in [2.24, 2.45) is 64.1 Å². The number of hydrogen-bond acceptors (Lipinski definition) is 8. The van der Waals surface area contributed by atoms with Crippen molar-refractivity contribution in [1.82, 2.24) is 16.0 Å². The molecule has 1 aliphatic heterocycles. The number of nitrogens with one attached hydrogen (secondary N) is 3. The molecule has 1 aromatic rings. The topological polar surface area (TPSA) is 140 Å². The van der Waals surface area contributed by atoms with Gasteiger partial charge in [-0.3, -0.25) is 19.2 Å². The number of aldehydes is 1. The van der Waals surface area contributed by atoms with Gasteiger partial charge in [-0.1, -0.05) is 53.1 Å². The number of esters is 1. The zero-order chi connectivity index (χ0) is 43.8. The maximum atomic E-state index is 14.6. The summed E-state index contributed by atoms with van der Waals surface area (Å²) in [7, 11) is 0. The summed E-state index contributed by atoms with van der Waals surface area (Å²) in [5.74, 6) is 1.36. The van der Waals surface area contributed by atoms with Gasteiger partial charge in [0, 0.05) is 17.4 Å². The van der Waals surface area contributed by atoms with Crippen LogP contribution in [0.1, 0.15) is 143 Å². The van der Waals surface area contributed by atoms with Crippen LogP contribution in [-0.2, 0) is 23.9 Å². The zero-order valence-electron chi connectivity index (χ0n) is 37.8. The summed E-state index contributed by atoms with van der Waals surface area (Å²) >= 11 is 6.37. The van der Waals surface area contributed by atoms with Crippen molar-refractivity contribution in [2.45, 2.75) is 156 Å². The van der Waals surface area contributed by atoms with Gasteiger partial charge in [0.2, 0.25) is 5.91 Å². The predicted molar refractivity (Wildman–Crippen MR) is 235 cm³/mol. The molecule has 334 valence electrons. The third-order valence-electron chi connectivity index (χ3n) is 17.8. The molecule has 6 fully saturated rings. The number of benzene rings is 1. The highest BCUT2D eigenvalue weighted by molar-refractivity contribution is 6.30. The Bertz CT molecular complexity index is 1970. The third-order valence-corrected chi connectivity index (χ3v) is 18.1. The second-order valence-corrected chi connectivity index (χ2v) is 22.3. The summed E-state index contributed by atoms with van der Waals surface area (Å²) < 4.78 is 12.6. The van der Waals surface area contributed by atoms with Crippen molar-refractivity contribution in [1.29, 1.82) is 0 Å². The van der Waals surface area contributed by atoms with Gasteiger partial charge in [0.05, 0.1) is 17.0 Å². The Morgan fingerprint density at radius 2 is 1.62 bits per heavy atom. The summed E-state index contributed by atoms with van der Waals surface area (Å²) in [6.07, 6.45) is 11.1. The monoisotopic (exact) mass is 859 g/mol. The summed E-state index contributed by atoms with van der Waals surface area (Å²) in [6, 6.07) is 4.99. The van der Waals surface area contributed by atoms with E-state index >= 15 is 0 Å². The molecule has 10 nitrogen and oxygen atoms in total. The molecule has 8 rings (SSSR count). The molecule has 7 aliphatic rings. The molecule has 3 N–H and O–H groups in total. The minimum atomic E-state index is -1.29. The van der Waals surface area contributed by atoms with Crippen molar-refractivity contribution in [3.8, 4) is 5.75 Å². The molecule has 0 radical (unpaired) electrons. The fourth-order valence-corrected chi connectivity index (χ4v) is 14.6. The average molecular weight is 861 g/mol. The van der Waals surface area contributed by atoms with Crippen LogP contribution in [0.3, 0.4) is 0 Å². The van der Waals surface area contributed by atoms with Gasteiger partial charge >= 0.3 is 5.97 Å². The van der Waals surface area contributed by atoms with Crippen LogP contribution in [0.2, 0.25) is 5.02 Å². The number of carbonyl (C=O) groups is 5. The number of carbonyl (C=O) groups excluding carboxylic acids is 5. The van der Waals surface area contributed by atoms with Gasteiger partial charge in [-0.05, 0) is 179 Å².